The van der Waals surface area contributed by atoms with Crippen LogP contribution in [0.5, 0.6) is 0 Å². The molecule has 0 bridgehead atoms. The number of hydrogen-bond donors (Lipinski definition) is 2. The number of likely N-dealkylation sites (tertiary alicyclic amines) is 2. The fourth-order valence-electron chi connectivity index (χ4n) is 8.02. The highest BCUT2D eigenvalue weighted by Crippen LogP contribution is 2.34. The Morgan fingerprint density at radius 1 is 0.896 bits per heavy atom. The third-order valence-electron chi connectivity index (χ3n) is 10.7. The lowest BCUT2D eigenvalue weighted by molar-refractivity contribution is -0.136. The lowest BCUT2D eigenvalue weighted by atomic mass is 9.87. The highest BCUT2D eigenvalue weighted by Gasteiger charge is 2.39. The number of anilines is 1. The Labute approximate surface area is 289 Å². The number of halogens is 1. The van der Waals surface area contributed by atoms with Crippen LogP contribution in [0.15, 0.2) is 64.0 Å². The number of pyridine rings is 1. The van der Waals surface area contributed by atoms with Gasteiger partial charge < -0.3 is 19.7 Å². The molecule has 3 fully saturated rings. The lowest BCUT2D eigenvalue weighted by Gasteiger charge is -2.37. The smallest absolute Gasteiger partial charge is 0.266 e. The van der Waals surface area contributed by atoms with Crippen LogP contribution in [0.4, 0.5) is 5.69 Å². The predicted molar refractivity (Wildman–Crippen MR) is 188 cm³/mol. The maximum absolute atomic E-state index is 13.1. The van der Waals surface area contributed by atoms with Crippen LogP contribution in [-0.4, -0.2) is 82.3 Å². The number of nitrogens with one attached hydrogen (secondary N) is 2. The highest BCUT2D eigenvalue weighted by molar-refractivity contribution is 9.10. The molecule has 3 amide bonds. The molecule has 3 aromatic rings. The average molecular weight is 716 g/mol. The van der Waals surface area contributed by atoms with Crippen molar-refractivity contribution in [2.45, 2.75) is 69.1 Å². The van der Waals surface area contributed by atoms with E-state index in [0.717, 1.165) is 63.2 Å². The number of imide groups is 1. The number of benzene rings is 2. The maximum atomic E-state index is 13.1. The van der Waals surface area contributed by atoms with Gasteiger partial charge in [-0.05, 0) is 108 Å². The van der Waals surface area contributed by atoms with Gasteiger partial charge in [-0.15, -0.1) is 0 Å². The molecule has 1 aromatic heterocycles. The van der Waals surface area contributed by atoms with E-state index in [4.69, 9.17) is 0 Å². The quantitative estimate of drug-likeness (QED) is 0.354. The minimum absolute atomic E-state index is 0.0402. The van der Waals surface area contributed by atoms with Gasteiger partial charge in [-0.1, -0.05) is 36.4 Å². The molecular weight excluding hydrogens is 672 g/mol. The summed E-state index contributed by atoms with van der Waals surface area (Å²) in [6, 6.07) is 17.0. The topological polar surface area (TPSA) is 107 Å². The molecule has 0 aliphatic carbocycles. The van der Waals surface area contributed by atoms with Crippen LogP contribution in [0.1, 0.15) is 76.6 Å². The highest BCUT2D eigenvalue weighted by atomic mass is 79.9. The SMILES string of the molecule is CN1C[C@H](Nc2ccn(C)c(=O)c2Br)C[C@H](c2ccc(CN3CCC(c4ccc5c(c4)CN(C4CCC(=O)NC4=O)C5=O)CC3)cc2)C1. The second kappa shape index (κ2) is 13.6. The summed E-state index contributed by atoms with van der Waals surface area (Å²) in [5.41, 5.74) is 6.40. The number of hydrogen-bond acceptors (Lipinski definition) is 7. The van der Waals surface area contributed by atoms with E-state index in [1.807, 2.05) is 12.1 Å². The lowest BCUT2D eigenvalue weighted by Crippen LogP contribution is -2.52. The number of carbonyl (C=O) groups is 3. The monoisotopic (exact) mass is 714 g/mol. The molecular formula is C37H43BrN6O4. The van der Waals surface area contributed by atoms with Gasteiger partial charge in [0.1, 0.15) is 10.5 Å². The fraction of sp³-hybridized carbons (Fsp3) is 0.459. The summed E-state index contributed by atoms with van der Waals surface area (Å²) in [5, 5.41) is 5.99. The van der Waals surface area contributed by atoms with Crippen molar-refractivity contribution < 1.29 is 14.4 Å². The van der Waals surface area contributed by atoms with E-state index >= 15 is 0 Å². The van der Waals surface area contributed by atoms with Crippen LogP contribution in [0, 0.1) is 0 Å². The first-order valence-corrected chi connectivity index (χ1v) is 17.8. The molecule has 4 aliphatic heterocycles. The van der Waals surface area contributed by atoms with E-state index in [0.29, 0.717) is 34.8 Å². The molecule has 3 saturated heterocycles. The molecule has 0 spiro atoms. The van der Waals surface area contributed by atoms with Crippen molar-refractivity contribution in [1.82, 2.24) is 24.6 Å². The summed E-state index contributed by atoms with van der Waals surface area (Å²) >= 11 is 3.48. The Morgan fingerprint density at radius 3 is 2.40 bits per heavy atom. The number of aromatic nitrogens is 1. The Morgan fingerprint density at radius 2 is 1.65 bits per heavy atom. The molecule has 48 heavy (non-hydrogen) atoms. The van der Waals surface area contributed by atoms with Gasteiger partial charge in [0.25, 0.3) is 11.5 Å². The fourth-order valence-corrected chi connectivity index (χ4v) is 8.55. The Balaban J connectivity index is 0.921. The Hall–Kier alpha value is -3.80. The molecule has 2 aromatic carbocycles. The first-order valence-electron chi connectivity index (χ1n) is 17.0. The van der Waals surface area contributed by atoms with Crippen molar-refractivity contribution in [2.24, 2.45) is 7.05 Å². The molecule has 3 atom stereocenters. The zero-order chi connectivity index (χ0) is 33.5. The van der Waals surface area contributed by atoms with Crippen molar-refractivity contribution in [2.75, 3.05) is 38.5 Å². The minimum Gasteiger partial charge on any atom is -0.380 e. The van der Waals surface area contributed by atoms with E-state index in [1.54, 1.807) is 22.7 Å². The van der Waals surface area contributed by atoms with Crippen molar-refractivity contribution in [3.63, 3.8) is 0 Å². The van der Waals surface area contributed by atoms with Gasteiger partial charge in [-0.2, -0.15) is 0 Å². The second-order valence-corrected chi connectivity index (χ2v) is 14.9. The second-order valence-electron chi connectivity index (χ2n) is 14.1. The third-order valence-corrected chi connectivity index (χ3v) is 11.4. The molecule has 1 unspecified atom stereocenters. The van der Waals surface area contributed by atoms with E-state index in [-0.39, 0.29) is 35.7 Å². The zero-order valence-corrected chi connectivity index (χ0v) is 29.2. The maximum Gasteiger partial charge on any atom is 0.266 e. The van der Waals surface area contributed by atoms with Crippen LogP contribution in [0.3, 0.4) is 0 Å². The summed E-state index contributed by atoms with van der Waals surface area (Å²) in [5.74, 6) is 0.0970. The molecule has 2 N–H and O–H groups in total. The average Bonchev–Trinajstić information content (AvgIpc) is 3.40. The van der Waals surface area contributed by atoms with Crippen molar-refractivity contribution in [3.8, 4) is 0 Å². The number of amides is 3. The summed E-state index contributed by atoms with van der Waals surface area (Å²) in [6.07, 6.45) is 5.58. The Bertz CT molecular complexity index is 1780. The van der Waals surface area contributed by atoms with E-state index in [1.165, 1.54) is 16.7 Å². The molecule has 0 radical (unpaired) electrons. The van der Waals surface area contributed by atoms with Crippen molar-refractivity contribution in [3.05, 3.63) is 97.4 Å². The largest absolute Gasteiger partial charge is 0.380 e. The Kier molecular flexibility index (Phi) is 9.28. The molecule has 4 aliphatic rings. The van der Waals surface area contributed by atoms with Gasteiger partial charge in [-0.3, -0.25) is 29.4 Å². The van der Waals surface area contributed by atoms with E-state index in [9.17, 15) is 19.2 Å². The van der Waals surface area contributed by atoms with Gasteiger partial charge >= 0.3 is 0 Å². The number of fused-ring (bicyclic) bond motifs is 1. The standard InChI is InChI=1S/C37H43BrN6O4/c1-41-20-27(18-29(22-41)39-31-13-14-42(2)37(48)34(31)38)24-5-3-23(4-6-24)19-43-15-11-25(12-16-43)26-7-8-30-28(17-26)21-44(36(30)47)32-9-10-33(45)40-35(32)46/h3-8,13-14,17,25,27,29,32,39H,9-12,15-16,18-22H2,1-2H3,(H,40,45,46)/t27-,29+,32?/m0/s1. The molecule has 10 nitrogen and oxygen atoms in total. The number of likely N-dealkylation sites (N-methyl/N-ethyl adjacent to an activating group) is 1. The van der Waals surface area contributed by atoms with Crippen LogP contribution in [0.2, 0.25) is 0 Å². The number of aryl methyl sites for hydroxylation is 1. The molecule has 5 heterocycles. The predicted octanol–water partition coefficient (Wildman–Crippen LogP) is 4.19. The van der Waals surface area contributed by atoms with E-state index in [2.05, 4.69) is 79.8 Å². The first-order chi connectivity index (χ1) is 23.1. The molecule has 252 valence electrons. The number of carbonyl (C=O) groups excluding carboxylic acids is 3. The zero-order valence-electron chi connectivity index (χ0n) is 27.6. The minimum atomic E-state index is -0.582. The van der Waals surface area contributed by atoms with Gasteiger partial charge in [0.15, 0.2) is 0 Å². The van der Waals surface area contributed by atoms with Crippen LogP contribution in [0.25, 0.3) is 0 Å². The number of nitrogens with zero attached hydrogens (tertiary/aromatic N) is 4. The van der Waals surface area contributed by atoms with Crippen molar-refractivity contribution >= 4 is 39.3 Å². The number of rotatable bonds is 7. The van der Waals surface area contributed by atoms with Gasteiger partial charge in [0, 0.05) is 57.4 Å². The van der Waals surface area contributed by atoms with Gasteiger partial charge in [0.05, 0.1) is 5.69 Å². The molecule has 0 saturated carbocycles. The normalized spacial score (nSPS) is 24.1. The first kappa shape index (κ1) is 32.7. The summed E-state index contributed by atoms with van der Waals surface area (Å²) in [6.45, 7) is 5.32. The van der Waals surface area contributed by atoms with Crippen LogP contribution in [-0.2, 0) is 29.7 Å². The van der Waals surface area contributed by atoms with Crippen molar-refractivity contribution in [1.29, 1.82) is 0 Å². The number of piperidine rings is 3. The summed E-state index contributed by atoms with van der Waals surface area (Å²) in [4.78, 5) is 56.0. The molecule has 7 rings (SSSR count). The van der Waals surface area contributed by atoms with E-state index < -0.39 is 6.04 Å². The summed E-state index contributed by atoms with van der Waals surface area (Å²) < 4.78 is 2.15. The molecule has 11 heteroatoms. The van der Waals surface area contributed by atoms with Gasteiger partial charge in [0.2, 0.25) is 11.8 Å². The van der Waals surface area contributed by atoms with Gasteiger partial charge in [-0.25, -0.2) is 0 Å². The van der Waals surface area contributed by atoms with Crippen LogP contribution < -0.4 is 16.2 Å². The third kappa shape index (κ3) is 6.73. The van der Waals surface area contributed by atoms with Crippen LogP contribution >= 0.6 is 15.9 Å². The summed E-state index contributed by atoms with van der Waals surface area (Å²) in [7, 11) is 3.92.